The highest BCUT2D eigenvalue weighted by molar-refractivity contribution is 5.90. The van der Waals surface area contributed by atoms with Crippen LogP contribution in [0.25, 0.3) is 11.3 Å². The summed E-state index contributed by atoms with van der Waals surface area (Å²) in [6.45, 7) is 13.3. The van der Waals surface area contributed by atoms with Crippen LogP contribution in [0.1, 0.15) is 65.4 Å². The molecule has 2 rings (SSSR count). The van der Waals surface area contributed by atoms with Crippen LogP contribution in [-0.4, -0.2) is 27.3 Å². The van der Waals surface area contributed by atoms with Crippen molar-refractivity contribution in [3.63, 3.8) is 0 Å². The largest absolute Gasteiger partial charge is 0.346 e. The Bertz CT molecular complexity index is 829. The number of rotatable bonds is 6. The Kier molecular flexibility index (Phi) is 6.32. The first-order valence-electron chi connectivity index (χ1n) is 9.68. The Labute approximate surface area is 167 Å². The highest BCUT2D eigenvalue weighted by Gasteiger charge is 2.36. The van der Waals surface area contributed by atoms with E-state index in [0.29, 0.717) is 12.2 Å². The van der Waals surface area contributed by atoms with Crippen molar-refractivity contribution in [1.82, 2.24) is 20.6 Å². The number of benzene rings is 1. The molecule has 0 bridgehead atoms. The Balaban J connectivity index is 2.26. The quantitative estimate of drug-likeness (QED) is 0.706. The summed E-state index contributed by atoms with van der Waals surface area (Å²) in [6.07, 6.45) is 2.19. The monoisotopic (exact) mass is 384 g/mol. The molecule has 0 spiro atoms. The van der Waals surface area contributed by atoms with Gasteiger partial charge in [-0.2, -0.15) is 0 Å². The normalized spacial score (nSPS) is 13.1. The van der Waals surface area contributed by atoms with E-state index in [-0.39, 0.29) is 23.3 Å². The molecule has 0 aliphatic rings. The number of H-pyrrole nitrogens is 1. The lowest BCUT2D eigenvalue weighted by Gasteiger charge is -2.33. The van der Waals surface area contributed by atoms with E-state index in [1.54, 1.807) is 20.8 Å². The number of carbonyl (C=O) groups excluding carboxylic acids is 2. The first kappa shape index (κ1) is 21.7. The number of nitrogens with zero attached hydrogens (tertiary/aromatic N) is 1. The molecule has 0 saturated carbocycles. The van der Waals surface area contributed by atoms with Gasteiger partial charge in [0.2, 0.25) is 11.8 Å². The third-order valence-electron chi connectivity index (χ3n) is 4.70. The maximum absolute atomic E-state index is 12.9. The number of aryl methyl sites for hydroxylation is 1. The van der Waals surface area contributed by atoms with Crippen LogP contribution in [-0.2, 0) is 9.59 Å². The highest BCUT2D eigenvalue weighted by Crippen LogP contribution is 2.32. The van der Waals surface area contributed by atoms with Crippen molar-refractivity contribution >= 4 is 11.8 Å². The van der Waals surface area contributed by atoms with Crippen LogP contribution >= 0.6 is 0 Å². The molecule has 1 atom stereocenters. The second kappa shape index (κ2) is 8.17. The third-order valence-corrected chi connectivity index (χ3v) is 4.70. The zero-order valence-corrected chi connectivity index (χ0v) is 17.9. The van der Waals surface area contributed by atoms with Crippen molar-refractivity contribution in [1.29, 1.82) is 0 Å². The zero-order chi connectivity index (χ0) is 21.1. The number of aromatic amines is 1. The van der Waals surface area contributed by atoms with Gasteiger partial charge in [-0.15, -0.1) is 0 Å². The fraction of sp³-hybridized carbons (Fsp3) is 0.500. The van der Waals surface area contributed by atoms with Crippen molar-refractivity contribution in [3.05, 3.63) is 41.9 Å². The summed E-state index contributed by atoms with van der Waals surface area (Å²) in [4.78, 5) is 32.6. The van der Waals surface area contributed by atoms with Gasteiger partial charge >= 0.3 is 0 Å². The summed E-state index contributed by atoms with van der Waals surface area (Å²) in [6, 6.07) is 7.82. The Hall–Kier alpha value is -2.63. The molecule has 6 nitrogen and oxygen atoms in total. The lowest BCUT2D eigenvalue weighted by atomic mass is 9.85. The lowest BCUT2D eigenvalue weighted by Crippen LogP contribution is -2.56. The van der Waals surface area contributed by atoms with Crippen molar-refractivity contribution in [2.75, 3.05) is 0 Å². The molecular weight excluding hydrogens is 352 g/mol. The van der Waals surface area contributed by atoms with Gasteiger partial charge in [0.1, 0.15) is 11.4 Å². The molecule has 2 aromatic rings. The molecular formula is C22H32N4O2. The molecule has 0 fully saturated rings. The number of imidazole rings is 1. The van der Waals surface area contributed by atoms with Crippen LogP contribution in [0.4, 0.5) is 0 Å². The fourth-order valence-corrected chi connectivity index (χ4v) is 2.86. The van der Waals surface area contributed by atoms with Gasteiger partial charge in [-0.25, -0.2) is 4.98 Å². The maximum atomic E-state index is 12.9. The predicted molar refractivity (Wildman–Crippen MR) is 112 cm³/mol. The number of hydrogen-bond donors (Lipinski definition) is 3. The second-order valence-electron chi connectivity index (χ2n) is 8.84. The number of carbonyl (C=O) groups is 2. The Morgan fingerprint density at radius 3 is 2.25 bits per heavy atom. The van der Waals surface area contributed by atoms with Crippen LogP contribution in [0, 0.1) is 12.3 Å². The first-order valence-corrected chi connectivity index (χ1v) is 9.68. The van der Waals surface area contributed by atoms with Crippen molar-refractivity contribution in [2.45, 2.75) is 66.5 Å². The van der Waals surface area contributed by atoms with E-state index in [9.17, 15) is 9.59 Å². The molecule has 0 aliphatic heterocycles. The molecule has 1 heterocycles. The molecule has 2 amide bonds. The van der Waals surface area contributed by atoms with E-state index in [2.05, 4.69) is 15.6 Å². The van der Waals surface area contributed by atoms with Crippen LogP contribution in [0.3, 0.4) is 0 Å². The molecule has 0 unspecified atom stereocenters. The van der Waals surface area contributed by atoms with E-state index in [0.717, 1.165) is 11.3 Å². The zero-order valence-electron chi connectivity index (χ0n) is 17.9. The Morgan fingerprint density at radius 2 is 1.71 bits per heavy atom. The summed E-state index contributed by atoms with van der Waals surface area (Å²) in [5.41, 5.74) is 1.75. The molecule has 152 valence electrons. The van der Waals surface area contributed by atoms with E-state index >= 15 is 0 Å². The average Bonchev–Trinajstić information content (AvgIpc) is 3.07. The lowest BCUT2D eigenvalue weighted by molar-refractivity contribution is -0.133. The minimum Gasteiger partial charge on any atom is -0.346 e. The summed E-state index contributed by atoms with van der Waals surface area (Å²) < 4.78 is 0. The summed E-state index contributed by atoms with van der Waals surface area (Å²) >= 11 is 0. The van der Waals surface area contributed by atoms with Crippen LogP contribution in [0.15, 0.2) is 30.5 Å². The van der Waals surface area contributed by atoms with Crippen LogP contribution in [0.2, 0.25) is 0 Å². The number of hydrogen-bond acceptors (Lipinski definition) is 3. The molecule has 6 heteroatoms. The SMILES string of the molecule is CCC(=O)NC(C)(C)C(=O)N[C@H](c1nc(-c2ccc(C)cc2)c[nH]1)C(C)(C)C. The Morgan fingerprint density at radius 1 is 1.11 bits per heavy atom. The average molecular weight is 385 g/mol. The van der Waals surface area contributed by atoms with E-state index < -0.39 is 5.54 Å². The molecule has 1 aromatic heterocycles. The van der Waals surface area contributed by atoms with E-state index in [1.807, 2.05) is 58.2 Å². The van der Waals surface area contributed by atoms with Gasteiger partial charge in [0, 0.05) is 18.2 Å². The third kappa shape index (κ3) is 5.21. The van der Waals surface area contributed by atoms with E-state index in [1.165, 1.54) is 5.56 Å². The predicted octanol–water partition coefficient (Wildman–Crippen LogP) is 3.89. The second-order valence-corrected chi connectivity index (χ2v) is 8.84. The highest BCUT2D eigenvalue weighted by atomic mass is 16.2. The molecule has 1 aromatic carbocycles. The van der Waals surface area contributed by atoms with Crippen LogP contribution in [0.5, 0.6) is 0 Å². The van der Waals surface area contributed by atoms with Crippen LogP contribution < -0.4 is 10.6 Å². The fourth-order valence-electron chi connectivity index (χ4n) is 2.86. The summed E-state index contributed by atoms with van der Waals surface area (Å²) in [5, 5.41) is 5.84. The standard InChI is InChI=1S/C22H32N4O2/c1-8-17(27)26-22(6,7)20(28)25-18(21(3,4)5)19-23-13-16(24-19)15-11-9-14(2)10-12-15/h9-13,18H,8H2,1-7H3,(H,23,24)(H,25,28)(H,26,27)/t18-/m1/s1. The van der Waals surface area contributed by atoms with Gasteiger partial charge in [0.15, 0.2) is 0 Å². The van der Waals surface area contributed by atoms with Gasteiger partial charge in [0.25, 0.3) is 0 Å². The smallest absolute Gasteiger partial charge is 0.245 e. The number of nitrogens with one attached hydrogen (secondary N) is 3. The maximum Gasteiger partial charge on any atom is 0.245 e. The minimum absolute atomic E-state index is 0.160. The molecule has 3 N–H and O–H groups in total. The van der Waals surface area contributed by atoms with Crippen molar-refractivity contribution in [3.8, 4) is 11.3 Å². The van der Waals surface area contributed by atoms with Gasteiger partial charge in [-0.3, -0.25) is 9.59 Å². The molecule has 0 aliphatic carbocycles. The first-order chi connectivity index (χ1) is 12.9. The minimum atomic E-state index is -1.01. The molecule has 0 radical (unpaired) electrons. The molecule has 0 saturated heterocycles. The summed E-state index contributed by atoms with van der Waals surface area (Å²) in [7, 11) is 0. The van der Waals surface area contributed by atoms with Gasteiger partial charge in [-0.1, -0.05) is 57.5 Å². The van der Waals surface area contributed by atoms with Crippen molar-refractivity contribution < 1.29 is 9.59 Å². The van der Waals surface area contributed by atoms with Crippen molar-refractivity contribution in [2.24, 2.45) is 5.41 Å². The van der Waals surface area contributed by atoms with Gasteiger partial charge in [-0.05, 0) is 26.2 Å². The number of amides is 2. The number of aromatic nitrogens is 2. The summed E-state index contributed by atoms with van der Waals surface area (Å²) in [5.74, 6) is 0.281. The van der Waals surface area contributed by atoms with E-state index in [4.69, 9.17) is 4.98 Å². The van der Waals surface area contributed by atoms with Gasteiger partial charge in [0.05, 0.1) is 11.7 Å². The molecule has 28 heavy (non-hydrogen) atoms. The topological polar surface area (TPSA) is 86.9 Å². The van der Waals surface area contributed by atoms with Gasteiger partial charge < -0.3 is 15.6 Å².